The Labute approximate surface area is 210 Å². The summed E-state index contributed by atoms with van der Waals surface area (Å²) in [4.78, 5) is 36.0. The maximum Gasteiger partial charge on any atom is 0.267 e. The van der Waals surface area contributed by atoms with Crippen molar-refractivity contribution < 1.29 is 19.6 Å². The molecule has 9 heteroatoms. The van der Waals surface area contributed by atoms with Crippen LogP contribution in [0.3, 0.4) is 0 Å². The third kappa shape index (κ3) is 6.49. The molecule has 4 rings (SSSR count). The number of nitrogens with two attached hydrogens (primary N) is 1. The quantitative estimate of drug-likeness (QED) is 0.188. The molecule has 4 atom stereocenters. The molecule has 2 bridgehead atoms. The Balaban J connectivity index is 1.26. The minimum absolute atomic E-state index is 0.0458. The van der Waals surface area contributed by atoms with E-state index < -0.39 is 17.9 Å². The number of nitrogens with one attached hydrogen (secondary N) is 4. The molecule has 0 aliphatic heterocycles. The zero-order valence-corrected chi connectivity index (χ0v) is 19.9. The second kappa shape index (κ2) is 11.8. The molecular formula is C27H31N5O4. The van der Waals surface area contributed by atoms with Crippen LogP contribution >= 0.6 is 0 Å². The topological polar surface area (TPSA) is 146 Å². The normalized spacial score (nSPS) is 20.7. The Morgan fingerprint density at radius 2 is 1.64 bits per heavy atom. The van der Waals surface area contributed by atoms with Crippen LogP contribution in [0.2, 0.25) is 0 Å². The second-order valence-corrected chi connectivity index (χ2v) is 9.35. The highest BCUT2D eigenvalue weighted by Crippen LogP contribution is 2.44. The maximum atomic E-state index is 12.3. The number of hydrogen-bond donors (Lipinski definition) is 6. The van der Waals surface area contributed by atoms with Gasteiger partial charge in [-0.25, -0.2) is 5.48 Å². The Morgan fingerprint density at radius 3 is 2.19 bits per heavy atom. The Bertz CT molecular complexity index is 1150. The molecule has 2 aromatic carbocycles. The first kappa shape index (κ1) is 25.4. The second-order valence-electron chi connectivity index (χ2n) is 9.35. The number of benzene rings is 2. The van der Waals surface area contributed by atoms with Gasteiger partial charge in [-0.1, -0.05) is 18.3 Å². The number of carbonyl (C=O) groups is 3. The number of carbonyl (C=O) groups excluding carboxylic acids is 3. The minimum Gasteiger partial charge on any atom is -0.339 e. The number of amides is 3. The zero-order valence-electron chi connectivity index (χ0n) is 19.9. The predicted octanol–water partition coefficient (Wildman–Crippen LogP) is 1.37. The molecule has 188 valence electrons. The van der Waals surface area contributed by atoms with Crippen molar-refractivity contribution in [3.8, 4) is 11.8 Å². The number of anilines is 1. The molecule has 1 unspecified atom stereocenters. The molecule has 0 saturated heterocycles. The average Bonchev–Trinajstić information content (AvgIpc) is 3.53. The summed E-state index contributed by atoms with van der Waals surface area (Å²) in [5, 5.41) is 17.5. The largest absolute Gasteiger partial charge is 0.339 e. The van der Waals surface area contributed by atoms with Crippen molar-refractivity contribution in [1.29, 1.82) is 0 Å². The molecule has 36 heavy (non-hydrogen) atoms. The van der Waals surface area contributed by atoms with E-state index in [1.165, 1.54) is 31.2 Å². The van der Waals surface area contributed by atoms with Gasteiger partial charge in [0.2, 0.25) is 5.91 Å². The molecule has 0 heterocycles. The Hall–Kier alpha value is -3.71. The van der Waals surface area contributed by atoms with Crippen molar-refractivity contribution in [2.45, 2.75) is 37.8 Å². The molecule has 9 nitrogen and oxygen atoms in total. The third-order valence-corrected chi connectivity index (χ3v) is 6.90. The van der Waals surface area contributed by atoms with Gasteiger partial charge in [-0.05, 0) is 79.6 Å². The van der Waals surface area contributed by atoms with Gasteiger partial charge in [-0.3, -0.25) is 19.6 Å². The van der Waals surface area contributed by atoms with Gasteiger partial charge >= 0.3 is 0 Å². The van der Waals surface area contributed by atoms with Crippen LogP contribution in [0.25, 0.3) is 0 Å². The molecule has 3 amide bonds. The van der Waals surface area contributed by atoms with Crippen molar-refractivity contribution in [2.24, 2.45) is 17.6 Å². The van der Waals surface area contributed by atoms with Crippen molar-refractivity contribution in [2.75, 3.05) is 18.4 Å². The highest BCUT2D eigenvalue weighted by molar-refractivity contribution is 5.97. The summed E-state index contributed by atoms with van der Waals surface area (Å²) in [7, 11) is 0. The Kier molecular flexibility index (Phi) is 8.33. The first-order chi connectivity index (χ1) is 17.4. The van der Waals surface area contributed by atoms with Crippen molar-refractivity contribution in [3.63, 3.8) is 0 Å². The van der Waals surface area contributed by atoms with E-state index in [-0.39, 0.29) is 12.5 Å². The lowest BCUT2D eigenvalue weighted by atomic mass is 9.95. The predicted molar refractivity (Wildman–Crippen MR) is 135 cm³/mol. The highest BCUT2D eigenvalue weighted by Gasteiger charge is 2.39. The van der Waals surface area contributed by atoms with Crippen LogP contribution in [0.5, 0.6) is 0 Å². The molecule has 0 aromatic heterocycles. The lowest BCUT2D eigenvalue weighted by Crippen LogP contribution is -2.50. The lowest BCUT2D eigenvalue weighted by molar-refractivity contribution is -0.130. The van der Waals surface area contributed by atoms with Gasteiger partial charge in [0, 0.05) is 35.0 Å². The van der Waals surface area contributed by atoms with Gasteiger partial charge in [0.25, 0.3) is 11.8 Å². The monoisotopic (exact) mass is 489 g/mol. The van der Waals surface area contributed by atoms with Crippen LogP contribution in [0.1, 0.15) is 47.2 Å². The van der Waals surface area contributed by atoms with Gasteiger partial charge in [0.1, 0.15) is 6.04 Å². The summed E-state index contributed by atoms with van der Waals surface area (Å²) in [6, 6.07) is 13.3. The molecule has 0 radical (unpaired) electrons. The Morgan fingerprint density at radius 1 is 0.972 bits per heavy atom. The zero-order chi connectivity index (χ0) is 25.5. The van der Waals surface area contributed by atoms with Crippen molar-refractivity contribution in [1.82, 2.24) is 16.1 Å². The summed E-state index contributed by atoms with van der Waals surface area (Å²) in [6.45, 7) is 0.174. The lowest BCUT2D eigenvalue weighted by Gasteiger charge is -2.22. The van der Waals surface area contributed by atoms with Crippen molar-refractivity contribution in [3.05, 3.63) is 65.2 Å². The fraction of sp³-hybridized carbons (Fsp3) is 0.370. The van der Waals surface area contributed by atoms with Gasteiger partial charge in [-0.15, -0.1) is 0 Å². The first-order valence-corrected chi connectivity index (χ1v) is 12.2. The van der Waals surface area contributed by atoms with Crippen LogP contribution in [-0.4, -0.2) is 48.1 Å². The smallest absolute Gasteiger partial charge is 0.267 e. The van der Waals surface area contributed by atoms with Crippen LogP contribution in [-0.2, 0) is 9.59 Å². The minimum atomic E-state index is -1.03. The van der Waals surface area contributed by atoms with Gasteiger partial charge in [-0.2, -0.15) is 0 Å². The number of fused-ring (bicyclic) bond motifs is 2. The first-order valence-electron chi connectivity index (χ1n) is 12.2. The van der Waals surface area contributed by atoms with Gasteiger partial charge in [0.15, 0.2) is 0 Å². The van der Waals surface area contributed by atoms with Crippen LogP contribution in [0, 0.1) is 23.7 Å². The molecule has 7 N–H and O–H groups in total. The summed E-state index contributed by atoms with van der Waals surface area (Å²) < 4.78 is 0. The molecular weight excluding hydrogens is 458 g/mol. The maximum absolute atomic E-state index is 12.3. The molecule has 2 saturated carbocycles. The summed E-state index contributed by atoms with van der Waals surface area (Å²) >= 11 is 0. The number of rotatable bonds is 8. The van der Waals surface area contributed by atoms with E-state index in [1.54, 1.807) is 24.3 Å². The molecule has 2 aliphatic rings. The van der Waals surface area contributed by atoms with Crippen LogP contribution in [0.15, 0.2) is 48.5 Å². The molecule has 2 fully saturated rings. The molecule has 0 spiro atoms. The average molecular weight is 490 g/mol. The van der Waals surface area contributed by atoms with E-state index in [9.17, 15) is 14.4 Å². The number of hydroxylamine groups is 1. The number of hydrogen-bond acceptors (Lipinski definition) is 6. The third-order valence-electron chi connectivity index (χ3n) is 6.90. The van der Waals surface area contributed by atoms with E-state index >= 15 is 0 Å². The molecule has 2 aliphatic carbocycles. The molecule has 2 aromatic rings. The summed E-state index contributed by atoms with van der Waals surface area (Å²) in [5.74, 6) is 6.35. The SMILES string of the molecule is NC[C@H](NC(=O)c1ccc(C#Cc2ccc(NC(=O)CNC3C[C@H]4CC[C@@H]3C4)cc2)cc1)C(=O)NO. The van der Waals surface area contributed by atoms with Crippen LogP contribution in [0.4, 0.5) is 5.69 Å². The summed E-state index contributed by atoms with van der Waals surface area (Å²) in [6.07, 6.45) is 5.13. The van der Waals surface area contributed by atoms with E-state index in [1.807, 2.05) is 24.3 Å². The van der Waals surface area contributed by atoms with E-state index in [2.05, 4.69) is 27.8 Å². The van der Waals surface area contributed by atoms with E-state index in [0.29, 0.717) is 23.7 Å². The summed E-state index contributed by atoms with van der Waals surface area (Å²) in [5.41, 5.74) is 9.47. The van der Waals surface area contributed by atoms with E-state index in [0.717, 1.165) is 23.1 Å². The van der Waals surface area contributed by atoms with Crippen LogP contribution < -0.4 is 27.2 Å². The van der Waals surface area contributed by atoms with Gasteiger partial charge < -0.3 is 21.7 Å². The fourth-order valence-corrected chi connectivity index (χ4v) is 4.96. The standard InChI is InChI=1S/C27H31N5O4/c28-15-24(27(35)32-36)31-26(34)20-8-3-17(4-9-20)1-2-18-6-11-22(12-7-18)30-25(33)16-29-23-14-19-5-10-21(23)13-19/h3-4,6-9,11-12,19,21,23-24,29,36H,5,10,13-16,28H2,(H,30,33)(H,31,34)(H,32,35)/t19-,21+,23?,24-/m0/s1. The highest BCUT2D eigenvalue weighted by atomic mass is 16.5. The van der Waals surface area contributed by atoms with Crippen molar-refractivity contribution >= 4 is 23.4 Å². The fourth-order valence-electron chi connectivity index (χ4n) is 4.96. The van der Waals surface area contributed by atoms with Gasteiger partial charge in [0.05, 0.1) is 6.54 Å². The van der Waals surface area contributed by atoms with E-state index in [4.69, 9.17) is 10.9 Å².